The molecular formula is C21H33NO6. The Bertz CT molecular complexity index is 644. The SMILES string of the molecule is CCCCCCCc1cc(OC(=O)O)c(O)c([N+](=O)[O-])c1CCCCCCC. The highest BCUT2D eigenvalue weighted by atomic mass is 16.7. The van der Waals surface area contributed by atoms with Crippen LogP contribution in [0.5, 0.6) is 11.5 Å². The summed E-state index contributed by atoms with van der Waals surface area (Å²) in [4.78, 5) is 21.9. The third kappa shape index (κ3) is 7.74. The Morgan fingerprint density at radius 3 is 2.04 bits per heavy atom. The van der Waals surface area contributed by atoms with Crippen molar-refractivity contribution in [2.45, 2.75) is 90.9 Å². The van der Waals surface area contributed by atoms with Gasteiger partial charge in [0.1, 0.15) is 0 Å². The Morgan fingerprint density at radius 2 is 1.54 bits per heavy atom. The molecule has 2 N–H and O–H groups in total. The summed E-state index contributed by atoms with van der Waals surface area (Å²) in [6.45, 7) is 4.26. The van der Waals surface area contributed by atoms with Crippen molar-refractivity contribution in [1.82, 2.24) is 0 Å². The molecule has 0 aliphatic heterocycles. The Morgan fingerprint density at radius 1 is 1.00 bits per heavy atom. The van der Waals surface area contributed by atoms with Gasteiger partial charge in [-0.1, -0.05) is 65.2 Å². The van der Waals surface area contributed by atoms with E-state index < -0.39 is 22.5 Å². The summed E-state index contributed by atoms with van der Waals surface area (Å²) in [6.07, 6.45) is 9.81. The van der Waals surface area contributed by atoms with E-state index in [2.05, 4.69) is 18.6 Å². The Labute approximate surface area is 166 Å². The van der Waals surface area contributed by atoms with E-state index in [9.17, 15) is 20.0 Å². The number of nitro benzene ring substituents is 1. The van der Waals surface area contributed by atoms with Crippen molar-refractivity contribution in [2.24, 2.45) is 0 Å². The van der Waals surface area contributed by atoms with E-state index in [0.29, 0.717) is 24.0 Å². The maximum atomic E-state index is 11.6. The van der Waals surface area contributed by atoms with Crippen molar-refractivity contribution >= 4 is 11.8 Å². The topological polar surface area (TPSA) is 110 Å². The third-order valence-electron chi connectivity index (χ3n) is 4.90. The molecule has 0 atom stereocenters. The molecule has 0 aliphatic carbocycles. The molecule has 158 valence electrons. The molecule has 0 saturated carbocycles. The van der Waals surface area contributed by atoms with Crippen LogP contribution in [0.3, 0.4) is 0 Å². The van der Waals surface area contributed by atoms with Crippen LogP contribution in [0.15, 0.2) is 6.07 Å². The minimum atomic E-state index is -1.61. The zero-order chi connectivity index (χ0) is 20.9. The van der Waals surface area contributed by atoms with Crippen molar-refractivity contribution in [2.75, 3.05) is 0 Å². The molecule has 0 unspecified atom stereocenters. The van der Waals surface area contributed by atoms with Gasteiger partial charge in [-0.3, -0.25) is 10.1 Å². The Kier molecular flexibility index (Phi) is 11.0. The molecule has 0 heterocycles. The number of benzene rings is 1. The van der Waals surface area contributed by atoms with Gasteiger partial charge in [0.2, 0.25) is 5.75 Å². The maximum Gasteiger partial charge on any atom is 0.511 e. The third-order valence-corrected chi connectivity index (χ3v) is 4.90. The second kappa shape index (κ2) is 13.0. The number of phenolic OH excluding ortho intramolecular Hbond substituents is 1. The van der Waals surface area contributed by atoms with E-state index in [0.717, 1.165) is 64.2 Å². The number of hydrogen-bond acceptors (Lipinski definition) is 5. The van der Waals surface area contributed by atoms with E-state index in [1.165, 1.54) is 6.07 Å². The first-order valence-electron chi connectivity index (χ1n) is 10.3. The smallest absolute Gasteiger partial charge is 0.499 e. The van der Waals surface area contributed by atoms with Crippen LogP contribution in [0.1, 0.15) is 89.2 Å². The van der Waals surface area contributed by atoms with Gasteiger partial charge in [0.05, 0.1) is 4.92 Å². The number of aryl methyl sites for hydroxylation is 1. The van der Waals surface area contributed by atoms with Crippen molar-refractivity contribution < 1.29 is 24.7 Å². The number of phenols is 1. The standard InChI is InChI=1S/C21H33NO6/c1-3-5-7-9-11-13-16-15-18(28-21(24)25)20(23)19(22(26)27)17(16)14-12-10-8-6-4-2/h15,23H,3-14H2,1-2H3,(H,24,25). The summed E-state index contributed by atoms with van der Waals surface area (Å²) in [5, 5.41) is 30.8. The van der Waals surface area contributed by atoms with Crippen LogP contribution in [0.4, 0.5) is 10.5 Å². The molecule has 0 radical (unpaired) electrons. The van der Waals surface area contributed by atoms with Gasteiger partial charge in [0, 0.05) is 5.56 Å². The fourth-order valence-corrected chi connectivity index (χ4v) is 3.42. The van der Waals surface area contributed by atoms with Gasteiger partial charge in [0.15, 0.2) is 5.75 Å². The zero-order valence-electron chi connectivity index (χ0n) is 17.0. The quantitative estimate of drug-likeness (QED) is 0.124. The molecule has 1 aromatic rings. The highest BCUT2D eigenvalue weighted by molar-refractivity contribution is 5.69. The van der Waals surface area contributed by atoms with Crippen LogP contribution in [0.2, 0.25) is 0 Å². The highest BCUT2D eigenvalue weighted by Gasteiger charge is 2.28. The summed E-state index contributed by atoms with van der Waals surface area (Å²) in [5.41, 5.74) is 0.790. The maximum absolute atomic E-state index is 11.6. The molecule has 0 spiro atoms. The number of rotatable bonds is 14. The lowest BCUT2D eigenvalue weighted by molar-refractivity contribution is -0.386. The first-order valence-corrected chi connectivity index (χ1v) is 10.3. The van der Waals surface area contributed by atoms with E-state index in [1.54, 1.807) is 0 Å². The van der Waals surface area contributed by atoms with E-state index in [-0.39, 0.29) is 5.75 Å². The van der Waals surface area contributed by atoms with Crippen LogP contribution >= 0.6 is 0 Å². The first-order chi connectivity index (χ1) is 13.4. The molecule has 7 heteroatoms. The van der Waals surface area contributed by atoms with E-state index in [1.807, 2.05) is 0 Å². The van der Waals surface area contributed by atoms with Gasteiger partial charge in [-0.05, 0) is 37.3 Å². The number of carboxylic acid groups (broad SMARTS) is 1. The predicted octanol–water partition coefficient (Wildman–Crippen LogP) is 6.38. The van der Waals surface area contributed by atoms with Crippen LogP contribution in [0, 0.1) is 10.1 Å². The average molecular weight is 395 g/mol. The molecule has 1 rings (SSSR count). The largest absolute Gasteiger partial charge is 0.511 e. The number of nitro groups is 1. The van der Waals surface area contributed by atoms with Crippen molar-refractivity contribution in [3.05, 3.63) is 27.3 Å². The summed E-state index contributed by atoms with van der Waals surface area (Å²) in [5.74, 6) is -1.07. The molecule has 0 aliphatic rings. The summed E-state index contributed by atoms with van der Waals surface area (Å²) < 4.78 is 4.60. The van der Waals surface area contributed by atoms with Crippen molar-refractivity contribution in [3.8, 4) is 11.5 Å². The minimum Gasteiger partial charge on any atom is -0.499 e. The van der Waals surface area contributed by atoms with Crippen LogP contribution in [0.25, 0.3) is 0 Å². The van der Waals surface area contributed by atoms with Crippen LogP contribution in [-0.4, -0.2) is 21.3 Å². The number of ether oxygens (including phenoxy) is 1. The van der Waals surface area contributed by atoms with Gasteiger partial charge in [-0.15, -0.1) is 0 Å². The molecular weight excluding hydrogens is 362 g/mol. The van der Waals surface area contributed by atoms with Crippen LogP contribution < -0.4 is 4.74 Å². The van der Waals surface area contributed by atoms with Crippen molar-refractivity contribution in [1.29, 1.82) is 0 Å². The summed E-state index contributed by atoms with van der Waals surface area (Å²) in [7, 11) is 0. The summed E-state index contributed by atoms with van der Waals surface area (Å²) >= 11 is 0. The lowest BCUT2D eigenvalue weighted by atomic mass is 9.94. The highest BCUT2D eigenvalue weighted by Crippen LogP contribution is 2.42. The second-order valence-corrected chi connectivity index (χ2v) is 7.16. The molecule has 0 bridgehead atoms. The van der Waals surface area contributed by atoms with Gasteiger partial charge in [-0.25, -0.2) is 4.79 Å². The Balaban J connectivity index is 3.11. The Hall–Kier alpha value is -2.31. The predicted molar refractivity (Wildman–Crippen MR) is 108 cm³/mol. The molecule has 0 amide bonds. The summed E-state index contributed by atoms with van der Waals surface area (Å²) in [6, 6.07) is 1.46. The molecule has 1 aromatic carbocycles. The molecule has 0 aromatic heterocycles. The lowest BCUT2D eigenvalue weighted by Gasteiger charge is -2.14. The van der Waals surface area contributed by atoms with E-state index in [4.69, 9.17) is 5.11 Å². The number of carbonyl (C=O) groups is 1. The number of aromatic hydroxyl groups is 1. The molecule has 7 nitrogen and oxygen atoms in total. The lowest BCUT2D eigenvalue weighted by Crippen LogP contribution is -2.08. The molecule has 0 fully saturated rings. The molecule has 0 saturated heterocycles. The normalized spacial score (nSPS) is 10.8. The van der Waals surface area contributed by atoms with E-state index >= 15 is 0 Å². The van der Waals surface area contributed by atoms with Gasteiger partial charge in [-0.2, -0.15) is 0 Å². The van der Waals surface area contributed by atoms with Gasteiger partial charge < -0.3 is 14.9 Å². The fraction of sp³-hybridized carbons (Fsp3) is 0.667. The fourth-order valence-electron chi connectivity index (χ4n) is 3.42. The first kappa shape index (κ1) is 23.7. The van der Waals surface area contributed by atoms with Gasteiger partial charge >= 0.3 is 11.8 Å². The average Bonchev–Trinajstić information content (AvgIpc) is 2.63. The number of hydrogen-bond donors (Lipinski definition) is 2. The van der Waals surface area contributed by atoms with Crippen molar-refractivity contribution in [3.63, 3.8) is 0 Å². The zero-order valence-corrected chi connectivity index (χ0v) is 17.0. The number of nitrogens with zero attached hydrogens (tertiary/aromatic N) is 1. The second-order valence-electron chi connectivity index (χ2n) is 7.16. The molecule has 28 heavy (non-hydrogen) atoms. The van der Waals surface area contributed by atoms with Crippen LogP contribution in [-0.2, 0) is 12.8 Å². The minimum absolute atomic E-state index is 0.363. The monoisotopic (exact) mass is 395 g/mol. The number of unbranched alkanes of at least 4 members (excludes halogenated alkanes) is 8. The van der Waals surface area contributed by atoms with Gasteiger partial charge in [0.25, 0.3) is 0 Å².